The van der Waals surface area contributed by atoms with Crippen LogP contribution in [0.4, 0.5) is 14.5 Å². The van der Waals surface area contributed by atoms with Gasteiger partial charge in [-0.2, -0.15) is 0 Å². The van der Waals surface area contributed by atoms with Crippen LogP contribution in [0.2, 0.25) is 0 Å². The molecule has 6 heteroatoms. The maximum atomic E-state index is 15.0. The van der Waals surface area contributed by atoms with E-state index < -0.39 is 11.6 Å². The fourth-order valence-electron chi connectivity index (χ4n) is 3.17. The third kappa shape index (κ3) is 2.27. The predicted molar refractivity (Wildman–Crippen MR) is 83.2 cm³/mol. The van der Waals surface area contributed by atoms with Crippen molar-refractivity contribution in [1.82, 2.24) is 4.57 Å². The van der Waals surface area contributed by atoms with Gasteiger partial charge in [0.1, 0.15) is 11.5 Å². The number of nitrogens with zero attached hydrogens (tertiary/aromatic N) is 2. The number of anilines is 1. The number of nitrogens with two attached hydrogens (primary N) is 1. The smallest absolute Gasteiger partial charge is 0.189 e. The highest BCUT2D eigenvalue weighted by atomic mass is 19.1. The van der Waals surface area contributed by atoms with Gasteiger partial charge in [-0.3, -0.25) is 4.79 Å². The Morgan fingerprint density at radius 2 is 2.18 bits per heavy atom. The SMILES string of the molecule is CCn1ccc(=O)c2cc(F)c(N3CCC(CN)C3)c(F)c21. The summed E-state index contributed by atoms with van der Waals surface area (Å²) in [5, 5.41) is 0.0812. The van der Waals surface area contributed by atoms with E-state index in [1.54, 1.807) is 15.7 Å². The van der Waals surface area contributed by atoms with Gasteiger partial charge in [0.25, 0.3) is 0 Å². The molecule has 2 N–H and O–H groups in total. The van der Waals surface area contributed by atoms with Crippen LogP contribution >= 0.6 is 0 Å². The van der Waals surface area contributed by atoms with Crippen molar-refractivity contribution >= 4 is 16.6 Å². The van der Waals surface area contributed by atoms with Crippen molar-refractivity contribution in [2.75, 3.05) is 24.5 Å². The van der Waals surface area contributed by atoms with Crippen LogP contribution < -0.4 is 16.1 Å². The van der Waals surface area contributed by atoms with Crippen LogP contribution in [0.25, 0.3) is 10.9 Å². The first kappa shape index (κ1) is 15.0. The molecule has 0 bridgehead atoms. The Morgan fingerprint density at radius 1 is 1.41 bits per heavy atom. The Morgan fingerprint density at radius 3 is 2.82 bits per heavy atom. The second kappa shape index (κ2) is 5.68. The van der Waals surface area contributed by atoms with Crippen molar-refractivity contribution < 1.29 is 8.78 Å². The van der Waals surface area contributed by atoms with E-state index in [2.05, 4.69) is 0 Å². The predicted octanol–water partition coefficient (Wildman–Crippen LogP) is 2.08. The lowest BCUT2D eigenvalue weighted by molar-refractivity contribution is 0.572. The van der Waals surface area contributed by atoms with Crippen LogP contribution in [-0.4, -0.2) is 24.2 Å². The number of aryl methyl sites for hydroxylation is 1. The van der Waals surface area contributed by atoms with E-state index in [9.17, 15) is 13.6 Å². The minimum absolute atomic E-state index is 0.0451. The van der Waals surface area contributed by atoms with Crippen LogP contribution in [0.1, 0.15) is 13.3 Å². The third-order valence-corrected chi connectivity index (χ3v) is 4.40. The molecule has 1 aromatic carbocycles. The number of fused-ring (bicyclic) bond motifs is 1. The van der Waals surface area contributed by atoms with Crippen LogP contribution in [0.5, 0.6) is 0 Å². The summed E-state index contributed by atoms with van der Waals surface area (Å²) in [7, 11) is 0. The van der Waals surface area contributed by atoms with E-state index in [1.807, 2.05) is 6.92 Å². The van der Waals surface area contributed by atoms with Gasteiger partial charge < -0.3 is 15.2 Å². The first-order chi connectivity index (χ1) is 10.6. The molecular weight excluding hydrogens is 288 g/mol. The standard InChI is InChI=1S/C16H19F2N3O/c1-2-20-6-4-13(22)11-7-12(17)16(14(18)15(11)20)21-5-3-10(8-19)9-21/h4,6-7,10H,2-3,5,8-9,19H2,1H3. The maximum absolute atomic E-state index is 15.0. The Hall–Kier alpha value is -1.95. The normalized spacial score (nSPS) is 18.4. The summed E-state index contributed by atoms with van der Waals surface area (Å²) in [5.41, 5.74) is 5.40. The van der Waals surface area contributed by atoms with Crippen LogP contribution in [0.15, 0.2) is 23.1 Å². The zero-order chi connectivity index (χ0) is 15.9. The largest absolute Gasteiger partial charge is 0.366 e. The van der Waals surface area contributed by atoms with Crippen molar-refractivity contribution in [3.8, 4) is 0 Å². The zero-order valence-corrected chi connectivity index (χ0v) is 12.5. The second-order valence-corrected chi connectivity index (χ2v) is 5.72. The topological polar surface area (TPSA) is 51.3 Å². The van der Waals surface area contributed by atoms with E-state index in [1.165, 1.54) is 6.07 Å². The first-order valence-corrected chi connectivity index (χ1v) is 7.53. The number of benzene rings is 1. The lowest BCUT2D eigenvalue weighted by atomic mass is 10.1. The first-order valence-electron chi connectivity index (χ1n) is 7.53. The number of rotatable bonds is 3. The molecule has 1 saturated heterocycles. The molecule has 1 unspecified atom stereocenters. The van der Waals surface area contributed by atoms with Crippen LogP contribution in [0, 0.1) is 17.6 Å². The number of aromatic nitrogens is 1. The molecule has 4 nitrogen and oxygen atoms in total. The fourth-order valence-corrected chi connectivity index (χ4v) is 3.17. The van der Waals surface area contributed by atoms with Crippen molar-refractivity contribution in [2.24, 2.45) is 11.7 Å². The van der Waals surface area contributed by atoms with Gasteiger partial charge in [-0.1, -0.05) is 0 Å². The van der Waals surface area contributed by atoms with Gasteiger partial charge in [0.15, 0.2) is 11.2 Å². The molecule has 0 saturated carbocycles. The molecule has 1 fully saturated rings. The minimum Gasteiger partial charge on any atom is -0.366 e. The maximum Gasteiger partial charge on any atom is 0.189 e. The number of halogens is 2. The third-order valence-electron chi connectivity index (χ3n) is 4.40. The summed E-state index contributed by atoms with van der Waals surface area (Å²) in [4.78, 5) is 13.6. The van der Waals surface area contributed by atoms with E-state index >= 15 is 0 Å². The van der Waals surface area contributed by atoms with Gasteiger partial charge >= 0.3 is 0 Å². The van der Waals surface area contributed by atoms with Gasteiger partial charge in [0.2, 0.25) is 0 Å². The summed E-state index contributed by atoms with van der Waals surface area (Å²) in [6.07, 6.45) is 2.37. The Kier molecular flexibility index (Phi) is 3.87. The van der Waals surface area contributed by atoms with E-state index in [-0.39, 0.29) is 27.9 Å². The monoisotopic (exact) mass is 307 g/mol. The molecule has 0 spiro atoms. The van der Waals surface area contributed by atoms with Crippen molar-refractivity contribution in [3.05, 3.63) is 40.2 Å². The van der Waals surface area contributed by atoms with E-state index in [0.717, 1.165) is 12.5 Å². The Balaban J connectivity index is 2.22. The van der Waals surface area contributed by atoms with Gasteiger partial charge in [0, 0.05) is 31.9 Å². The van der Waals surface area contributed by atoms with Crippen molar-refractivity contribution in [1.29, 1.82) is 0 Å². The van der Waals surface area contributed by atoms with E-state index in [4.69, 9.17) is 5.73 Å². The highest BCUT2D eigenvalue weighted by Crippen LogP contribution is 2.32. The molecule has 0 radical (unpaired) electrons. The summed E-state index contributed by atoms with van der Waals surface area (Å²) < 4.78 is 31.0. The van der Waals surface area contributed by atoms with Crippen LogP contribution in [-0.2, 0) is 6.54 Å². The molecule has 2 aromatic rings. The van der Waals surface area contributed by atoms with Gasteiger partial charge in [0.05, 0.1) is 10.9 Å². The van der Waals surface area contributed by atoms with Crippen LogP contribution in [0.3, 0.4) is 0 Å². The van der Waals surface area contributed by atoms with Gasteiger partial charge in [-0.05, 0) is 31.9 Å². The summed E-state index contributed by atoms with van der Waals surface area (Å²) in [6.45, 7) is 3.98. The molecule has 118 valence electrons. The number of pyridine rings is 1. The lowest BCUT2D eigenvalue weighted by Gasteiger charge is -2.22. The summed E-state index contributed by atoms with van der Waals surface area (Å²) in [5.74, 6) is -1.10. The molecule has 22 heavy (non-hydrogen) atoms. The van der Waals surface area contributed by atoms with E-state index in [0.29, 0.717) is 26.2 Å². The lowest BCUT2D eigenvalue weighted by Crippen LogP contribution is -2.25. The average molecular weight is 307 g/mol. The molecule has 0 amide bonds. The number of hydrogen-bond acceptors (Lipinski definition) is 3. The second-order valence-electron chi connectivity index (χ2n) is 5.72. The fraction of sp³-hybridized carbons (Fsp3) is 0.438. The zero-order valence-electron chi connectivity index (χ0n) is 12.5. The van der Waals surface area contributed by atoms with Crippen molar-refractivity contribution in [2.45, 2.75) is 19.9 Å². The van der Waals surface area contributed by atoms with Gasteiger partial charge in [-0.25, -0.2) is 8.78 Å². The average Bonchev–Trinajstić information content (AvgIpc) is 2.97. The molecule has 1 atom stereocenters. The Labute approximate surface area is 127 Å². The minimum atomic E-state index is -0.686. The Bertz CT molecular complexity index is 772. The molecule has 1 aliphatic heterocycles. The summed E-state index contributed by atoms with van der Waals surface area (Å²) >= 11 is 0. The number of hydrogen-bond donors (Lipinski definition) is 1. The van der Waals surface area contributed by atoms with Crippen molar-refractivity contribution in [3.63, 3.8) is 0 Å². The quantitative estimate of drug-likeness (QED) is 0.944. The highest BCUT2D eigenvalue weighted by molar-refractivity contribution is 5.84. The summed E-state index contributed by atoms with van der Waals surface area (Å²) in [6, 6.07) is 2.49. The molecule has 0 aliphatic carbocycles. The molecule has 1 aromatic heterocycles. The molecule has 3 rings (SSSR count). The van der Waals surface area contributed by atoms with Gasteiger partial charge in [-0.15, -0.1) is 0 Å². The highest BCUT2D eigenvalue weighted by Gasteiger charge is 2.28. The molecule has 2 heterocycles. The molecular formula is C16H19F2N3O. The molecule has 1 aliphatic rings.